The van der Waals surface area contributed by atoms with Crippen LogP contribution in [0.25, 0.3) is 0 Å². The number of ether oxygens (including phenoxy) is 2. The van der Waals surface area contributed by atoms with Crippen LogP contribution in [-0.2, 0) is 6.54 Å². The van der Waals surface area contributed by atoms with E-state index in [4.69, 9.17) is 9.47 Å². The van der Waals surface area contributed by atoms with Gasteiger partial charge in [0.25, 0.3) is 0 Å². The van der Waals surface area contributed by atoms with Crippen LogP contribution in [0.2, 0.25) is 0 Å². The molecule has 5 heteroatoms. The molecule has 1 aromatic carbocycles. The summed E-state index contributed by atoms with van der Waals surface area (Å²) in [7, 11) is 3.61. The van der Waals surface area contributed by atoms with E-state index in [0.717, 1.165) is 24.2 Å². The zero-order valence-corrected chi connectivity index (χ0v) is 15.6. The third-order valence-electron chi connectivity index (χ3n) is 3.80. The molecule has 0 aromatic heterocycles. The minimum absolute atomic E-state index is 0.237. The highest BCUT2D eigenvalue weighted by Gasteiger charge is 2.13. The molecule has 24 heavy (non-hydrogen) atoms. The smallest absolute Gasteiger partial charge is 0.161 e. The second kappa shape index (κ2) is 10.3. The SMILES string of the molecule is C=C(C)CNCc1ccc(OC[C@@H](O)CN(C)C(C)C)c(OC)c1. The average Bonchev–Trinajstić information content (AvgIpc) is 2.52. The van der Waals surface area contributed by atoms with Crippen LogP contribution in [0.1, 0.15) is 26.3 Å². The Morgan fingerprint density at radius 3 is 2.62 bits per heavy atom. The Balaban J connectivity index is 2.57. The number of hydrogen-bond acceptors (Lipinski definition) is 5. The van der Waals surface area contributed by atoms with Crippen LogP contribution in [-0.4, -0.2) is 56.0 Å². The summed E-state index contributed by atoms with van der Waals surface area (Å²) in [5, 5.41) is 13.4. The minimum atomic E-state index is -0.543. The van der Waals surface area contributed by atoms with Crippen molar-refractivity contribution in [2.24, 2.45) is 0 Å². The number of hydrogen-bond donors (Lipinski definition) is 2. The largest absolute Gasteiger partial charge is 0.493 e. The van der Waals surface area contributed by atoms with Crippen molar-refractivity contribution < 1.29 is 14.6 Å². The summed E-state index contributed by atoms with van der Waals surface area (Å²) in [5.41, 5.74) is 2.21. The highest BCUT2D eigenvalue weighted by molar-refractivity contribution is 5.43. The van der Waals surface area contributed by atoms with E-state index in [1.165, 1.54) is 0 Å². The summed E-state index contributed by atoms with van der Waals surface area (Å²) in [6, 6.07) is 6.22. The van der Waals surface area contributed by atoms with Crippen LogP contribution in [0.4, 0.5) is 0 Å². The van der Waals surface area contributed by atoms with Crippen molar-refractivity contribution in [1.29, 1.82) is 0 Å². The fourth-order valence-corrected chi connectivity index (χ4v) is 2.14. The topological polar surface area (TPSA) is 54.0 Å². The van der Waals surface area contributed by atoms with Crippen molar-refractivity contribution in [2.45, 2.75) is 39.5 Å². The number of aliphatic hydroxyl groups is 1. The van der Waals surface area contributed by atoms with Gasteiger partial charge in [-0.3, -0.25) is 0 Å². The molecule has 0 bridgehead atoms. The number of aliphatic hydroxyl groups excluding tert-OH is 1. The molecule has 0 saturated carbocycles. The fraction of sp³-hybridized carbons (Fsp3) is 0.579. The predicted molar refractivity (Wildman–Crippen MR) is 98.8 cm³/mol. The van der Waals surface area contributed by atoms with E-state index < -0.39 is 6.10 Å². The maximum atomic E-state index is 10.1. The van der Waals surface area contributed by atoms with Crippen molar-refractivity contribution in [3.05, 3.63) is 35.9 Å². The number of likely N-dealkylation sites (N-methyl/N-ethyl adjacent to an activating group) is 1. The molecule has 1 aromatic rings. The van der Waals surface area contributed by atoms with Crippen LogP contribution in [0.5, 0.6) is 11.5 Å². The van der Waals surface area contributed by atoms with Gasteiger partial charge in [-0.05, 0) is 45.5 Å². The molecule has 136 valence electrons. The lowest BCUT2D eigenvalue weighted by molar-refractivity contribution is 0.0668. The molecule has 0 radical (unpaired) electrons. The van der Waals surface area contributed by atoms with Gasteiger partial charge >= 0.3 is 0 Å². The third kappa shape index (κ3) is 7.34. The number of methoxy groups -OCH3 is 1. The lowest BCUT2D eigenvalue weighted by Gasteiger charge is -2.24. The molecule has 2 N–H and O–H groups in total. The van der Waals surface area contributed by atoms with Gasteiger partial charge in [0.2, 0.25) is 0 Å². The molecule has 0 spiro atoms. The van der Waals surface area contributed by atoms with Crippen molar-refractivity contribution >= 4 is 0 Å². The first kappa shape index (κ1) is 20.5. The van der Waals surface area contributed by atoms with Gasteiger partial charge in [0.05, 0.1) is 7.11 Å². The third-order valence-corrected chi connectivity index (χ3v) is 3.80. The van der Waals surface area contributed by atoms with Gasteiger partial charge in [-0.15, -0.1) is 0 Å². The number of benzene rings is 1. The molecule has 0 fully saturated rings. The molecule has 5 nitrogen and oxygen atoms in total. The van der Waals surface area contributed by atoms with Gasteiger partial charge in [-0.25, -0.2) is 0 Å². The molecular weight excluding hydrogens is 304 g/mol. The van der Waals surface area contributed by atoms with Crippen LogP contribution in [0.15, 0.2) is 30.4 Å². The van der Waals surface area contributed by atoms with E-state index in [-0.39, 0.29) is 6.61 Å². The monoisotopic (exact) mass is 336 g/mol. The Hall–Kier alpha value is -1.56. The van der Waals surface area contributed by atoms with Crippen molar-refractivity contribution in [3.63, 3.8) is 0 Å². The molecule has 0 unspecified atom stereocenters. The van der Waals surface area contributed by atoms with E-state index in [1.54, 1.807) is 7.11 Å². The molecule has 1 atom stereocenters. The Morgan fingerprint density at radius 1 is 1.33 bits per heavy atom. The van der Waals surface area contributed by atoms with Crippen molar-refractivity contribution in [3.8, 4) is 11.5 Å². The second-order valence-corrected chi connectivity index (χ2v) is 6.54. The van der Waals surface area contributed by atoms with Crippen LogP contribution >= 0.6 is 0 Å². The summed E-state index contributed by atoms with van der Waals surface area (Å²) in [6.45, 7) is 12.4. The normalized spacial score (nSPS) is 12.5. The lowest BCUT2D eigenvalue weighted by Crippen LogP contribution is -2.36. The van der Waals surface area contributed by atoms with Crippen LogP contribution in [0, 0.1) is 0 Å². The zero-order chi connectivity index (χ0) is 18.1. The summed E-state index contributed by atoms with van der Waals surface area (Å²) < 4.78 is 11.1. The number of rotatable bonds is 11. The first-order chi connectivity index (χ1) is 11.3. The van der Waals surface area contributed by atoms with Gasteiger partial charge in [0.15, 0.2) is 11.5 Å². The predicted octanol–water partition coefficient (Wildman–Crippen LogP) is 2.44. The first-order valence-corrected chi connectivity index (χ1v) is 8.36. The molecule has 0 amide bonds. The Labute approximate surface area is 146 Å². The average molecular weight is 336 g/mol. The molecule has 1 rings (SSSR count). The first-order valence-electron chi connectivity index (χ1n) is 8.36. The molecule has 0 saturated heterocycles. The number of nitrogens with zero attached hydrogens (tertiary/aromatic N) is 1. The molecule has 0 aliphatic heterocycles. The Kier molecular flexibility index (Phi) is 8.82. The van der Waals surface area contributed by atoms with Gasteiger partial charge in [0, 0.05) is 25.7 Å². The Morgan fingerprint density at radius 2 is 2.04 bits per heavy atom. The second-order valence-electron chi connectivity index (χ2n) is 6.54. The van der Waals surface area contributed by atoms with Gasteiger partial charge in [-0.2, -0.15) is 0 Å². The van der Waals surface area contributed by atoms with Crippen molar-refractivity contribution in [2.75, 3.05) is 33.9 Å². The molecule has 0 aliphatic carbocycles. The summed E-state index contributed by atoms with van der Waals surface area (Å²) >= 11 is 0. The van der Waals surface area contributed by atoms with Crippen molar-refractivity contribution in [1.82, 2.24) is 10.2 Å². The van der Waals surface area contributed by atoms with E-state index in [9.17, 15) is 5.11 Å². The highest BCUT2D eigenvalue weighted by Crippen LogP contribution is 2.28. The molecule has 0 aliphatic rings. The summed E-state index contributed by atoms with van der Waals surface area (Å²) in [6.07, 6.45) is -0.543. The quantitative estimate of drug-likeness (QED) is 0.608. The van der Waals surface area contributed by atoms with Gasteiger partial charge in [0.1, 0.15) is 12.7 Å². The van der Waals surface area contributed by atoms with E-state index in [1.807, 2.05) is 32.2 Å². The summed E-state index contributed by atoms with van der Waals surface area (Å²) in [4.78, 5) is 2.08. The van der Waals surface area contributed by atoms with Crippen LogP contribution in [0.3, 0.4) is 0 Å². The van der Waals surface area contributed by atoms with Gasteiger partial charge < -0.3 is 24.8 Å². The van der Waals surface area contributed by atoms with E-state index in [0.29, 0.717) is 24.1 Å². The Bertz CT molecular complexity index is 517. The lowest BCUT2D eigenvalue weighted by atomic mass is 10.2. The minimum Gasteiger partial charge on any atom is -0.493 e. The maximum absolute atomic E-state index is 10.1. The summed E-state index contributed by atoms with van der Waals surface area (Å²) in [5.74, 6) is 1.32. The van der Waals surface area contributed by atoms with Crippen LogP contribution < -0.4 is 14.8 Å². The van der Waals surface area contributed by atoms with E-state index in [2.05, 4.69) is 30.6 Å². The standard InChI is InChI=1S/C19H32N2O3/c1-14(2)10-20-11-16-7-8-18(19(9-16)23-6)24-13-17(22)12-21(5)15(3)4/h7-9,15,17,20,22H,1,10-13H2,2-6H3/t17-/m0/s1. The van der Waals surface area contributed by atoms with E-state index >= 15 is 0 Å². The highest BCUT2D eigenvalue weighted by atomic mass is 16.5. The fourth-order valence-electron chi connectivity index (χ4n) is 2.14. The van der Waals surface area contributed by atoms with Gasteiger partial charge in [-0.1, -0.05) is 18.2 Å². The number of nitrogens with one attached hydrogen (secondary N) is 1. The zero-order valence-electron chi connectivity index (χ0n) is 15.6. The molecule has 0 heterocycles. The maximum Gasteiger partial charge on any atom is 0.161 e. The molecular formula is C19H32N2O3.